The molecule has 0 bridgehead atoms. The van der Waals surface area contributed by atoms with Crippen molar-refractivity contribution < 1.29 is 24.7 Å². The van der Waals surface area contributed by atoms with Gasteiger partial charge in [-0.25, -0.2) is 15.0 Å². The van der Waals surface area contributed by atoms with Crippen molar-refractivity contribution in [2.45, 2.75) is 37.4 Å². The summed E-state index contributed by atoms with van der Waals surface area (Å²) < 4.78 is 158. The van der Waals surface area contributed by atoms with Crippen LogP contribution in [0.25, 0.3) is 56.4 Å². The molecular formula is C39H31N3. The van der Waals surface area contributed by atoms with Gasteiger partial charge in [0.15, 0.2) is 17.5 Å². The van der Waals surface area contributed by atoms with E-state index < -0.39 is 137 Å². The van der Waals surface area contributed by atoms with E-state index in [0.717, 1.165) is 0 Å². The first kappa shape index (κ1) is 12.5. The molecule has 0 aliphatic heterocycles. The zero-order valence-electron chi connectivity index (χ0n) is 40.0. The second kappa shape index (κ2) is 10.2. The van der Waals surface area contributed by atoms with Crippen LogP contribution in [0.4, 0.5) is 0 Å². The van der Waals surface area contributed by atoms with Crippen molar-refractivity contribution in [2.75, 3.05) is 0 Å². The zero-order valence-corrected chi connectivity index (χ0v) is 22.0. The van der Waals surface area contributed by atoms with E-state index >= 15 is 0 Å². The maximum Gasteiger partial charge on any atom is 0.164 e. The van der Waals surface area contributed by atoms with Crippen LogP contribution in [0.1, 0.15) is 67.8 Å². The Kier molecular flexibility index (Phi) is 3.04. The molecule has 202 valence electrons. The third kappa shape index (κ3) is 4.16. The predicted molar refractivity (Wildman–Crippen MR) is 171 cm³/mol. The summed E-state index contributed by atoms with van der Waals surface area (Å²) in [4.78, 5) is 12.9. The molecule has 0 atom stereocenters. The smallest absolute Gasteiger partial charge is 0.164 e. The van der Waals surface area contributed by atoms with E-state index in [-0.39, 0.29) is 29.5 Å². The third-order valence-corrected chi connectivity index (χ3v) is 7.40. The fourth-order valence-corrected chi connectivity index (χ4v) is 5.55. The molecule has 5 aromatic carbocycles. The van der Waals surface area contributed by atoms with E-state index in [2.05, 4.69) is 15.0 Å². The molecule has 3 heteroatoms. The highest BCUT2D eigenvalue weighted by molar-refractivity contribution is 5.84. The highest BCUT2D eigenvalue weighted by Gasteiger charge is 2.43. The van der Waals surface area contributed by atoms with Gasteiger partial charge >= 0.3 is 0 Å². The van der Waals surface area contributed by atoms with E-state index in [1.807, 2.05) is 0 Å². The first-order valence-electron chi connectivity index (χ1n) is 22.4. The Bertz CT molecular complexity index is 2710. The van der Waals surface area contributed by atoms with Crippen LogP contribution in [-0.4, -0.2) is 15.0 Å². The standard InChI is InChI=1S/C39H31N3/c1-4-13-27(14-5-1)36-40-37(28-15-6-2-7-16-28)42-38(41-36)31-18-12-17-29(25-31)30-21-22-33-32-19-8-9-20-34(32)39(35(33)26-30)23-10-3-11-24-39/h1-2,4-9,12-22,25-26H,3,10-11,23-24H2/i1D,2D,4D,5D,6D,7D,12D,13D,14D,15D,16D,17D,18D,23D2,24D2,25D. The van der Waals surface area contributed by atoms with Crippen molar-refractivity contribution in [2.24, 2.45) is 0 Å². The first-order chi connectivity index (χ1) is 28.1. The minimum absolute atomic E-state index is 0.0541. The summed E-state index contributed by atoms with van der Waals surface area (Å²) >= 11 is 0. The minimum Gasteiger partial charge on any atom is -0.208 e. The van der Waals surface area contributed by atoms with Gasteiger partial charge in [0.1, 0.15) is 0 Å². The molecule has 1 spiro atoms. The lowest BCUT2D eigenvalue weighted by Crippen LogP contribution is -2.28. The van der Waals surface area contributed by atoms with Crippen LogP contribution in [0, 0.1) is 0 Å². The quantitative estimate of drug-likeness (QED) is 0.216. The van der Waals surface area contributed by atoms with Gasteiger partial charge in [-0.15, -0.1) is 0 Å². The maximum absolute atomic E-state index is 9.54. The van der Waals surface area contributed by atoms with Crippen LogP contribution in [0.5, 0.6) is 0 Å². The largest absolute Gasteiger partial charge is 0.208 e. The number of hydrogen-bond acceptors (Lipinski definition) is 3. The maximum atomic E-state index is 9.54. The lowest BCUT2D eigenvalue weighted by Gasteiger charge is -2.36. The number of benzene rings is 5. The molecule has 8 rings (SSSR count). The Labute approximate surface area is 272 Å². The number of nitrogens with zero attached hydrogens (tertiary/aromatic N) is 3. The fourth-order valence-electron chi connectivity index (χ4n) is 5.55. The topological polar surface area (TPSA) is 38.7 Å². The molecule has 1 aromatic heterocycles. The van der Waals surface area contributed by atoms with Crippen molar-refractivity contribution in [3.05, 3.63) is 138 Å². The molecular weight excluding hydrogens is 510 g/mol. The first-order valence-corrected chi connectivity index (χ1v) is 13.4. The lowest BCUT2D eigenvalue weighted by atomic mass is 9.67. The third-order valence-electron chi connectivity index (χ3n) is 7.40. The highest BCUT2D eigenvalue weighted by Crippen LogP contribution is 2.56. The summed E-state index contributed by atoms with van der Waals surface area (Å²) in [5.41, 5.74) is -1.69. The van der Waals surface area contributed by atoms with Crippen LogP contribution < -0.4 is 0 Å². The van der Waals surface area contributed by atoms with E-state index in [1.165, 1.54) is 6.07 Å². The van der Waals surface area contributed by atoms with Crippen LogP contribution in [0.3, 0.4) is 0 Å². The van der Waals surface area contributed by atoms with E-state index in [4.69, 9.17) is 17.8 Å². The molecule has 0 unspecified atom stereocenters. The molecule has 1 saturated carbocycles. The lowest BCUT2D eigenvalue weighted by molar-refractivity contribution is 0.353. The van der Waals surface area contributed by atoms with Crippen molar-refractivity contribution in [3.8, 4) is 56.4 Å². The Balaban J connectivity index is 1.44. The van der Waals surface area contributed by atoms with Crippen molar-refractivity contribution >= 4 is 0 Å². The van der Waals surface area contributed by atoms with Gasteiger partial charge in [0.2, 0.25) is 0 Å². The number of fused-ring (bicyclic) bond motifs is 5. The molecule has 0 amide bonds. The van der Waals surface area contributed by atoms with Gasteiger partial charge in [0, 0.05) is 27.6 Å². The van der Waals surface area contributed by atoms with Gasteiger partial charge in [-0.2, -0.15) is 0 Å². The highest BCUT2D eigenvalue weighted by atomic mass is 15.0. The van der Waals surface area contributed by atoms with Crippen LogP contribution >= 0.6 is 0 Å². The van der Waals surface area contributed by atoms with Crippen molar-refractivity contribution in [1.82, 2.24) is 15.0 Å². The second-order valence-electron chi connectivity index (χ2n) is 9.82. The van der Waals surface area contributed by atoms with Crippen molar-refractivity contribution in [3.63, 3.8) is 0 Å². The SMILES string of the molecule is [2H]c1c([2H])c([2H])c(-c2nc(-c3c([2H])c([2H])c([2H])c([2H])c3[2H])nc(-c3c([2H])c([2H])c([2H])c(-c4ccc5c(c4)C4(c6ccccc6-5)C([2H])([2H])CCCC4([2H])[2H])c3[2H])n2)c([2H])c1[2H]. The molecule has 2 aliphatic carbocycles. The van der Waals surface area contributed by atoms with Gasteiger partial charge in [-0.05, 0) is 58.2 Å². The zero-order chi connectivity index (χ0) is 43.7. The van der Waals surface area contributed by atoms with Gasteiger partial charge < -0.3 is 0 Å². The molecule has 1 fully saturated rings. The second-order valence-corrected chi connectivity index (χ2v) is 9.82. The summed E-state index contributed by atoms with van der Waals surface area (Å²) in [6.07, 6.45) is -3.78. The van der Waals surface area contributed by atoms with E-state index in [0.29, 0.717) is 23.1 Å². The predicted octanol–water partition coefficient (Wildman–Crippen LogP) is 9.77. The summed E-state index contributed by atoms with van der Waals surface area (Å²) in [6, 6.07) is 1.43. The Morgan fingerprint density at radius 3 is 1.79 bits per heavy atom. The minimum atomic E-state index is -2.09. The fraction of sp³-hybridized carbons (Fsp3) is 0.154. The Morgan fingerprint density at radius 1 is 0.524 bits per heavy atom. The van der Waals surface area contributed by atoms with Crippen LogP contribution in [0.15, 0.2) is 127 Å². The van der Waals surface area contributed by atoms with Gasteiger partial charge in [-0.1, -0.05) is 134 Å². The molecule has 1 heterocycles. The van der Waals surface area contributed by atoms with E-state index in [1.54, 1.807) is 36.4 Å². The molecule has 6 aromatic rings. The normalized spacial score (nSPS) is 23.3. The van der Waals surface area contributed by atoms with Gasteiger partial charge in [-0.3, -0.25) is 0 Å². The van der Waals surface area contributed by atoms with Crippen molar-refractivity contribution in [1.29, 1.82) is 0 Å². The average molecular weight is 560 g/mol. The Morgan fingerprint density at radius 2 is 1.10 bits per heavy atom. The van der Waals surface area contributed by atoms with E-state index in [9.17, 15) is 6.85 Å². The van der Waals surface area contributed by atoms with Gasteiger partial charge in [0.25, 0.3) is 0 Å². The number of hydrogen-bond donors (Lipinski definition) is 0. The van der Waals surface area contributed by atoms with Gasteiger partial charge in [0.05, 0.1) is 19.2 Å². The summed E-state index contributed by atoms with van der Waals surface area (Å²) in [7, 11) is 0. The molecule has 3 nitrogen and oxygen atoms in total. The number of aromatic nitrogens is 3. The monoisotopic (exact) mass is 559 g/mol. The molecule has 0 radical (unpaired) electrons. The molecule has 0 saturated heterocycles. The summed E-state index contributed by atoms with van der Waals surface area (Å²) in [5, 5.41) is 0. The van der Waals surface area contributed by atoms with Crippen LogP contribution in [0.2, 0.25) is 0 Å². The Hall–Kier alpha value is -4.89. The average Bonchev–Trinajstić information content (AvgIpc) is 3.51. The molecule has 0 N–H and O–H groups in total. The molecule has 42 heavy (non-hydrogen) atoms. The summed E-state index contributed by atoms with van der Waals surface area (Å²) in [5.74, 6) is -1.90. The molecule has 2 aliphatic rings. The summed E-state index contributed by atoms with van der Waals surface area (Å²) in [6.45, 7) is 0. The number of rotatable bonds is 4. The van der Waals surface area contributed by atoms with Crippen LogP contribution in [-0.2, 0) is 5.41 Å².